The molecule has 1 aliphatic rings. The predicted molar refractivity (Wildman–Crippen MR) is 84.0 cm³/mol. The molecule has 118 valence electrons. The van der Waals surface area contributed by atoms with Crippen LogP contribution in [0.3, 0.4) is 0 Å². The maximum absolute atomic E-state index is 11.2. The van der Waals surface area contributed by atoms with Gasteiger partial charge in [-0.05, 0) is 32.3 Å². The van der Waals surface area contributed by atoms with Crippen molar-refractivity contribution >= 4 is 11.6 Å². The van der Waals surface area contributed by atoms with Gasteiger partial charge in [-0.1, -0.05) is 12.1 Å². The lowest BCUT2D eigenvalue weighted by Gasteiger charge is -2.32. The lowest BCUT2D eigenvalue weighted by atomic mass is 10.0. The molecule has 1 unspecified atom stereocenters. The van der Waals surface area contributed by atoms with Crippen molar-refractivity contribution in [3.8, 4) is 17.5 Å². The van der Waals surface area contributed by atoms with E-state index in [0.29, 0.717) is 5.88 Å². The van der Waals surface area contributed by atoms with Crippen LogP contribution in [0.25, 0.3) is 11.5 Å². The maximum atomic E-state index is 11.2. The van der Waals surface area contributed by atoms with Gasteiger partial charge < -0.3 is 9.32 Å². The van der Waals surface area contributed by atoms with Gasteiger partial charge in [0.1, 0.15) is 11.6 Å². The van der Waals surface area contributed by atoms with E-state index in [0.717, 1.165) is 25.8 Å². The quantitative estimate of drug-likeness (QED) is 0.635. The van der Waals surface area contributed by atoms with Crippen LogP contribution in [0.4, 0.5) is 11.6 Å². The summed E-state index contributed by atoms with van der Waals surface area (Å²) in [5.41, 5.74) is 0.369. The number of hydrogen-bond donors (Lipinski definition) is 0. The summed E-state index contributed by atoms with van der Waals surface area (Å²) in [6, 6.07) is 8.53. The number of nitrogens with zero attached hydrogens (tertiary/aromatic N) is 4. The van der Waals surface area contributed by atoms with Crippen LogP contribution in [0.2, 0.25) is 0 Å². The SMILES string of the molecule is CC1CCCCN1c1oc(-c2ccccc2[N+](=O)[O-])nc1C#N. The van der Waals surface area contributed by atoms with Crippen LogP contribution in [-0.2, 0) is 0 Å². The van der Waals surface area contributed by atoms with Crippen molar-refractivity contribution in [2.24, 2.45) is 0 Å². The Morgan fingerprint density at radius 2 is 2.22 bits per heavy atom. The number of hydrogen-bond acceptors (Lipinski definition) is 6. The Labute approximate surface area is 133 Å². The maximum Gasteiger partial charge on any atom is 0.282 e. The molecule has 2 aromatic rings. The minimum absolute atomic E-state index is 0.0866. The number of nitro groups is 1. The molecular formula is C16H16N4O3. The van der Waals surface area contributed by atoms with Crippen LogP contribution in [0.15, 0.2) is 28.7 Å². The molecule has 7 heteroatoms. The monoisotopic (exact) mass is 312 g/mol. The van der Waals surface area contributed by atoms with Crippen molar-refractivity contribution in [1.29, 1.82) is 5.26 Å². The van der Waals surface area contributed by atoms with Crippen LogP contribution >= 0.6 is 0 Å². The van der Waals surface area contributed by atoms with E-state index in [4.69, 9.17) is 4.42 Å². The number of anilines is 1. The molecule has 0 amide bonds. The van der Waals surface area contributed by atoms with Gasteiger partial charge in [0.05, 0.1) is 4.92 Å². The third-order valence-corrected chi connectivity index (χ3v) is 4.11. The van der Waals surface area contributed by atoms with E-state index in [1.165, 1.54) is 6.07 Å². The molecule has 0 bridgehead atoms. The number of oxazole rings is 1. The Morgan fingerprint density at radius 1 is 1.43 bits per heavy atom. The van der Waals surface area contributed by atoms with Crippen molar-refractivity contribution in [2.45, 2.75) is 32.2 Å². The minimum atomic E-state index is -0.477. The summed E-state index contributed by atoms with van der Waals surface area (Å²) in [5, 5.41) is 20.5. The molecule has 1 aromatic heterocycles. The second-order valence-electron chi connectivity index (χ2n) is 5.60. The molecule has 1 saturated heterocycles. The standard InChI is InChI=1S/C16H16N4O3/c1-11-6-4-5-9-19(11)16-13(10-17)18-15(23-16)12-7-2-3-8-14(12)20(21)22/h2-3,7-8,11H,4-6,9H2,1H3. The zero-order chi connectivity index (χ0) is 16.4. The Morgan fingerprint density at radius 3 is 2.91 bits per heavy atom. The Bertz CT molecular complexity index is 778. The fourth-order valence-corrected chi connectivity index (χ4v) is 2.91. The zero-order valence-corrected chi connectivity index (χ0v) is 12.7. The van der Waals surface area contributed by atoms with Crippen LogP contribution in [-0.4, -0.2) is 22.5 Å². The van der Waals surface area contributed by atoms with Gasteiger partial charge in [-0.2, -0.15) is 10.2 Å². The molecule has 0 N–H and O–H groups in total. The lowest BCUT2D eigenvalue weighted by molar-refractivity contribution is -0.384. The fourth-order valence-electron chi connectivity index (χ4n) is 2.91. The Hall–Kier alpha value is -2.88. The molecule has 1 aromatic carbocycles. The smallest absolute Gasteiger partial charge is 0.282 e. The largest absolute Gasteiger partial charge is 0.419 e. The van der Waals surface area contributed by atoms with Gasteiger partial charge in [0.2, 0.25) is 17.5 Å². The molecule has 2 heterocycles. The van der Waals surface area contributed by atoms with E-state index in [1.54, 1.807) is 18.2 Å². The Kier molecular flexibility index (Phi) is 3.98. The number of nitro benzene ring substituents is 1. The predicted octanol–water partition coefficient (Wildman–Crippen LogP) is 3.50. The molecule has 7 nitrogen and oxygen atoms in total. The molecule has 0 radical (unpaired) electrons. The van der Waals surface area contributed by atoms with E-state index in [1.807, 2.05) is 11.0 Å². The van der Waals surface area contributed by atoms with Gasteiger partial charge in [0, 0.05) is 18.7 Å². The second kappa shape index (κ2) is 6.08. The number of piperidine rings is 1. The Balaban J connectivity index is 2.07. The molecule has 23 heavy (non-hydrogen) atoms. The highest BCUT2D eigenvalue weighted by Gasteiger charge is 2.28. The topological polar surface area (TPSA) is 96.2 Å². The molecule has 3 rings (SSSR count). The van der Waals surface area contributed by atoms with Gasteiger partial charge in [0.15, 0.2) is 0 Å². The molecule has 1 aliphatic heterocycles. The lowest BCUT2D eigenvalue weighted by Crippen LogP contribution is -2.37. The zero-order valence-electron chi connectivity index (χ0n) is 12.7. The summed E-state index contributed by atoms with van der Waals surface area (Å²) in [4.78, 5) is 16.9. The van der Waals surface area contributed by atoms with Crippen molar-refractivity contribution in [3.05, 3.63) is 40.1 Å². The highest BCUT2D eigenvalue weighted by atomic mass is 16.6. The van der Waals surface area contributed by atoms with Crippen molar-refractivity contribution in [2.75, 3.05) is 11.4 Å². The van der Waals surface area contributed by atoms with Gasteiger partial charge in [-0.3, -0.25) is 10.1 Å². The molecular weight excluding hydrogens is 296 g/mol. The average molecular weight is 312 g/mol. The second-order valence-corrected chi connectivity index (χ2v) is 5.60. The molecule has 1 fully saturated rings. The van der Waals surface area contributed by atoms with Gasteiger partial charge >= 0.3 is 0 Å². The van der Waals surface area contributed by atoms with E-state index in [-0.39, 0.29) is 28.9 Å². The fraction of sp³-hybridized carbons (Fsp3) is 0.375. The van der Waals surface area contributed by atoms with E-state index < -0.39 is 4.92 Å². The summed E-state index contributed by atoms with van der Waals surface area (Å²) < 4.78 is 5.78. The molecule has 0 spiro atoms. The third kappa shape index (κ3) is 2.75. The minimum Gasteiger partial charge on any atom is -0.419 e. The number of para-hydroxylation sites is 1. The van der Waals surface area contributed by atoms with Gasteiger partial charge in [-0.25, -0.2) is 0 Å². The normalized spacial score (nSPS) is 17.7. The first-order valence-corrected chi connectivity index (χ1v) is 7.53. The average Bonchev–Trinajstić information content (AvgIpc) is 2.99. The number of rotatable bonds is 3. The van der Waals surface area contributed by atoms with Crippen LogP contribution < -0.4 is 4.90 Å². The first-order valence-electron chi connectivity index (χ1n) is 7.53. The van der Waals surface area contributed by atoms with E-state index >= 15 is 0 Å². The van der Waals surface area contributed by atoms with Crippen molar-refractivity contribution < 1.29 is 9.34 Å². The van der Waals surface area contributed by atoms with Gasteiger partial charge in [0.25, 0.3) is 5.69 Å². The number of aromatic nitrogens is 1. The summed E-state index contributed by atoms with van der Waals surface area (Å²) in [6.07, 6.45) is 3.19. The van der Waals surface area contributed by atoms with E-state index in [2.05, 4.69) is 11.9 Å². The molecule has 0 aliphatic carbocycles. The summed E-state index contributed by atoms with van der Waals surface area (Å²) in [6.45, 7) is 2.87. The summed E-state index contributed by atoms with van der Waals surface area (Å²) in [7, 11) is 0. The number of benzene rings is 1. The first kappa shape index (κ1) is 15.0. The summed E-state index contributed by atoms with van der Waals surface area (Å²) in [5.74, 6) is 0.523. The van der Waals surface area contributed by atoms with Gasteiger partial charge in [-0.15, -0.1) is 0 Å². The highest BCUT2D eigenvalue weighted by Crippen LogP contribution is 2.35. The first-order chi connectivity index (χ1) is 11.1. The van der Waals surface area contributed by atoms with Crippen molar-refractivity contribution in [1.82, 2.24) is 4.98 Å². The van der Waals surface area contributed by atoms with Crippen LogP contribution in [0.5, 0.6) is 0 Å². The molecule has 0 saturated carbocycles. The van der Waals surface area contributed by atoms with E-state index in [9.17, 15) is 15.4 Å². The summed E-state index contributed by atoms with van der Waals surface area (Å²) >= 11 is 0. The van der Waals surface area contributed by atoms with Crippen LogP contribution in [0, 0.1) is 21.4 Å². The van der Waals surface area contributed by atoms with Crippen molar-refractivity contribution in [3.63, 3.8) is 0 Å². The highest BCUT2D eigenvalue weighted by molar-refractivity contribution is 5.69. The third-order valence-electron chi connectivity index (χ3n) is 4.11. The van der Waals surface area contributed by atoms with Crippen LogP contribution in [0.1, 0.15) is 31.9 Å². The molecule has 1 atom stereocenters. The number of nitriles is 1.